The highest BCUT2D eigenvalue weighted by Crippen LogP contribution is 2.28. The molecule has 138 valence electrons. The van der Waals surface area contributed by atoms with Crippen LogP contribution in [-0.4, -0.2) is 28.6 Å². The van der Waals surface area contributed by atoms with Gasteiger partial charge in [-0.2, -0.15) is 4.99 Å². The molecule has 1 aliphatic heterocycles. The first-order chi connectivity index (χ1) is 13.1. The van der Waals surface area contributed by atoms with Crippen molar-refractivity contribution in [1.82, 2.24) is 9.47 Å². The van der Waals surface area contributed by atoms with Crippen molar-refractivity contribution in [2.24, 2.45) is 4.99 Å². The molecule has 7 heteroatoms. The van der Waals surface area contributed by atoms with Gasteiger partial charge in [0.25, 0.3) is 0 Å². The monoisotopic (exact) mass is 417 g/mol. The molecule has 1 fully saturated rings. The van der Waals surface area contributed by atoms with Crippen molar-refractivity contribution < 1.29 is 4.79 Å². The minimum atomic E-state index is -0.156. The first-order valence-corrected chi connectivity index (χ1v) is 10.3. The first kappa shape index (κ1) is 18.3. The van der Waals surface area contributed by atoms with Crippen LogP contribution in [0.4, 0.5) is 4.79 Å². The summed E-state index contributed by atoms with van der Waals surface area (Å²) in [6.07, 6.45) is 4.04. The third kappa shape index (κ3) is 3.95. The molecular formula is C20H17Cl2N3OS. The van der Waals surface area contributed by atoms with Crippen LogP contribution in [0.3, 0.4) is 0 Å². The van der Waals surface area contributed by atoms with Crippen molar-refractivity contribution >= 4 is 40.6 Å². The average Bonchev–Trinajstić information content (AvgIpc) is 3.36. The van der Waals surface area contributed by atoms with Crippen molar-refractivity contribution in [2.45, 2.75) is 12.8 Å². The van der Waals surface area contributed by atoms with Crippen LogP contribution in [0.15, 0.2) is 59.0 Å². The smallest absolute Gasteiger partial charge is 0.323 e. The number of benzene rings is 2. The molecule has 0 atom stereocenters. The number of aromatic nitrogens is 1. The normalized spacial score (nSPS) is 14.7. The predicted molar refractivity (Wildman–Crippen MR) is 111 cm³/mol. The Kier molecular flexibility index (Phi) is 5.34. The molecular weight excluding hydrogens is 401 g/mol. The molecule has 1 aliphatic rings. The Hall–Kier alpha value is -2.08. The lowest BCUT2D eigenvalue weighted by Gasteiger charge is -2.11. The second-order valence-corrected chi connectivity index (χ2v) is 8.01. The number of urea groups is 1. The molecule has 4 nitrogen and oxygen atoms in total. The number of nitrogens with zero attached hydrogens (tertiary/aromatic N) is 3. The first-order valence-electron chi connectivity index (χ1n) is 8.67. The van der Waals surface area contributed by atoms with Crippen LogP contribution < -0.4 is 4.80 Å². The van der Waals surface area contributed by atoms with E-state index in [1.165, 1.54) is 11.3 Å². The number of halogens is 2. The van der Waals surface area contributed by atoms with E-state index in [4.69, 9.17) is 23.2 Å². The SMILES string of the molecule is O=C(N=c1sccn1-c1ccc(-c2ccc(Cl)c(Cl)c2)cc1)N1CCCC1. The highest BCUT2D eigenvalue weighted by Gasteiger charge is 2.17. The van der Waals surface area contributed by atoms with Gasteiger partial charge in [-0.05, 0) is 48.2 Å². The number of thiazole rings is 1. The summed E-state index contributed by atoms with van der Waals surface area (Å²) in [5.74, 6) is 0. The second-order valence-electron chi connectivity index (χ2n) is 6.32. The fraction of sp³-hybridized carbons (Fsp3) is 0.200. The number of carbonyl (C=O) groups is 1. The molecule has 3 aromatic rings. The van der Waals surface area contributed by atoms with Crippen molar-refractivity contribution in [3.05, 3.63) is 68.9 Å². The van der Waals surface area contributed by atoms with Gasteiger partial charge in [-0.15, -0.1) is 11.3 Å². The quantitative estimate of drug-likeness (QED) is 0.532. The van der Waals surface area contributed by atoms with Gasteiger partial charge in [0.05, 0.1) is 10.0 Å². The Labute approximate surface area is 171 Å². The Balaban J connectivity index is 1.62. The fourth-order valence-corrected chi connectivity index (χ4v) is 4.11. The molecule has 0 radical (unpaired) electrons. The molecule has 0 bridgehead atoms. The summed E-state index contributed by atoms with van der Waals surface area (Å²) in [5.41, 5.74) is 2.99. The van der Waals surface area contributed by atoms with E-state index in [2.05, 4.69) is 4.99 Å². The number of hydrogen-bond donors (Lipinski definition) is 0. The predicted octanol–water partition coefficient (Wildman–Crippen LogP) is 5.63. The van der Waals surface area contributed by atoms with Crippen molar-refractivity contribution in [2.75, 3.05) is 13.1 Å². The molecule has 1 aromatic heterocycles. The summed E-state index contributed by atoms with van der Waals surface area (Å²) in [7, 11) is 0. The van der Waals surface area contributed by atoms with Crippen LogP contribution in [0.1, 0.15) is 12.8 Å². The molecule has 1 saturated heterocycles. The summed E-state index contributed by atoms with van der Waals surface area (Å²) in [4.78, 5) is 19.1. The maximum absolute atomic E-state index is 12.3. The van der Waals surface area contributed by atoms with Gasteiger partial charge >= 0.3 is 6.03 Å². The molecule has 2 amide bonds. The van der Waals surface area contributed by atoms with Gasteiger partial charge in [0.15, 0.2) is 4.80 Å². The second kappa shape index (κ2) is 7.89. The number of amides is 2. The number of hydrogen-bond acceptors (Lipinski definition) is 2. The van der Waals surface area contributed by atoms with E-state index in [1.807, 2.05) is 52.5 Å². The minimum absolute atomic E-state index is 0.156. The van der Waals surface area contributed by atoms with E-state index < -0.39 is 0 Å². The summed E-state index contributed by atoms with van der Waals surface area (Å²) in [5, 5.41) is 3.01. The fourth-order valence-electron chi connectivity index (χ4n) is 3.10. The van der Waals surface area contributed by atoms with Gasteiger partial charge in [-0.3, -0.25) is 4.57 Å². The molecule has 2 aromatic carbocycles. The van der Waals surface area contributed by atoms with Gasteiger partial charge in [-0.25, -0.2) is 4.79 Å². The molecule has 4 rings (SSSR count). The molecule has 0 spiro atoms. The van der Waals surface area contributed by atoms with Gasteiger partial charge < -0.3 is 4.90 Å². The van der Waals surface area contributed by atoms with Crippen LogP contribution >= 0.6 is 34.5 Å². The van der Waals surface area contributed by atoms with Gasteiger partial charge in [0.2, 0.25) is 0 Å². The Morgan fingerprint density at radius 1 is 0.963 bits per heavy atom. The maximum Gasteiger partial charge on any atom is 0.346 e. The zero-order valence-corrected chi connectivity index (χ0v) is 16.8. The molecule has 0 saturated carbocycles. The summed E-state index contributed by atoms with van der Waals surface area (Å²) >= 11 is 13.6. The average molecular weight is 418 g/mol. The summed E-state index contributed by atoms with van der Waals surface area (Å²) in [6.45, 7) is 1.60. The molecule has 0 N–H and O–H groups in total. The van der Waals surface area contributed by atoms with Crippen LogP contribution in [-0.2, 0) is 0 Å². The topological polar surface area (TPSA) is 37.6 Å². The van der Waals surface area contributed by atoms with E-state index in [1.54, 1.807) is 11.0 Å². The highest BCUT2D eigenvalue weighted by atomic mass is 35.5. The molecule has 2 heterocycles. The van der Waals surface area contributed by atoms with E-state index >= 15 is 0 Å². The van der Waals surface area contributed by atoms with Gasteiger partial charge in [0.1, 0.15) is 0 Å². The molecule has 27 heavy (non-hydrogen) atoms. The number of likely N-dealkylation sites (tertiary alicyclic amines) is 1. The molecule has 0 unspecified atom stereocenters. The van der Waals surface area contributed by atoms with Gasteiger partial charge in [-0.1, -0.05) is 41.4 Å². The van der Waals surface area contributed by atoms with E-state index in [0.29, 0.717) is 14.8 Å². The maximum atomic E-state index is 12.3. The Morgan fingerprint density at radius 2 is 1.67 bits per heavy atom. The van der Waals surface area contributed by atoms with Crippen molar-refractivity contribution in [3.8, 4) is 16.8 Å². The van der Waals surface area contributed by atoms with Crippen LogP contribution in [0, 0.1) is 0 Å². The Bertz CT molecular complexity index is 1030. The Morgan fingerprint density at radius 3 is 2.37 bits per heavy atom. The third-order valence-corrected chi connectivity index (χ3v) is 6.05. The summed E-state index contributed by atoms with van der Waals surface area (Å²) in [6, 6.07) is 13.5. The zero-order valence-electron chi connectivity index (χ0n) is 14.4. The zero-order chi connectivity index (χ0) is 18.8. The van der Waals surface area contributed by atoms with E-state index in [-0.39, 0.29) is 6.03 Å². The molecule has 0 aliphatic carbocycles. The van der Waals surface area contributed by atoms with Crippen molar-refractivity contribution in [1.29, 1.82) is 0 Å². The standard InChI is InChI=1S/C20H17Cl2N3OS/c21-17-8-5-15(13-18(17)22)14-3-6-16(7-4-14)25-11-12-27-20(25)23-19(26)24-9-1-2-10-24/h3-8,11-13H,1-2,9-10H2. The van der Waals surface area contributed by atoms with Crippen molar-refractivity contribution in [3.63, 3.8) is 0 Å². The third-order valence-electron chi connectivity index (χ3n) is 4.56. The lowest BCUT2D eigenvalue weighted by molar-refractivity contribution is 0.218. The van der Waals surface area contributed by atoms with Crippen LogP contribution in [0.25, 0.3) is 16.8 Å². The number of carbonyl (C=O) groups excluding carboxylic acids is 1. The minimum Gasteiger partial charge on any atom is -0.323 e. The lowest BCUT2D eigenvalue weighted by atomic mass is 10.1. The van der Waals surface area contributed by atoms with Crippen LogP contribution in [0.2, 0.25) is 10.0 Å². The highest BCUT2D eigenvalue weighted by molar-refractivity contribution is 7.07. The van der Waals surface area contributed by atoms with Crippen LogP contribution in [0.5, 0.6) is 0 Å². The largest absolute Gasteiger partial charge is 0.346 e. The van der Waals surface area contributed by atoms with Gasteiger partial charge in [0, 0.05) is 30.4 Å². The van der Waals surface area contributed by atoms with E-state index in [9.17, 15) is 4.79 Å². The number of rotatable bonds is 2. The lowest BCUT2D eigenvalue weighted by Crippen LogP contribution is -2.27. The van der Waals surface area contributed by atoms with E-state index in [0.717, 1.165) is 42.7 Å². The summed E-state index contributed by atoms with van der Waals surface area (Å²) < 4.78 is 1.93.